The molecule has 0 aliphatic carbocycles. The third-order valence-electron chi connectivity index (χ3n) is 10.8. The van der Waals surface area contributed by atoms with Crippen LogP contribution in [0.2, 0.25) is 0 Å². The van der Waals surface area contributed by atoms with Crippen LogP contribution in [0.4, 0.5) is 17.1 Å². The molecule has 6 nitrogen and oxygen atoms in total. The first-order valence-corrected chi connectivity index (χ1v) is 18.4. The van der Waals surface area contributed by atoms with Crippen molar-refractivity contribution < 1.29 is 13.3 Å². The highest BCUT2D eigenvalue weighted by atomic mass is 16.4. The Hall–Kier alpha value is -7.57. The Kier molecular flexibility index (Phi) is 6.24. The van der Waals surface area contributed by atoms with E-state index < -0.39 is 0 Å². The van der Waals surface area contributed by atoms with Crippen molar-refractivity contribution in [2.45, 2.75) is 0 Å². The van der Waals surface area contributed by atoms with Crippen molar-refractivity contribution in [2.24, 2.45) is 0 Å². The van der Waals surface area contributed by atoms with Gasteiger partial charge in [-0.1, -0.05) is 72.8 Å². The minimum absolute atomic E-state index is 0.594. The van der Waals surface area contributed by atoms with E-state index >= 15 is 0 Å². The first-order chi connectivity index (χ1) is 27.2. The summed E-state index contributed by atoms with van der Waals surface area (Å²) in [5.74, 6) is 0.594. The van der Waals surface area contributed by atoms with Crippen LogP contribution in [-0.4, -0.2) is 9.55 Å². The van der Waals surface area contributed by atoms with Crippen LogP contribution in [0.5, 0.6) is 0 Å². The predicted octanol–water partition coefficient (Wildman–Crippen LogP) is 13.9. The van der Waals surface area contributed by atoms with Crippen LogP contribution >= 0.6 is 0 Å². The molecule has 0 bridgehead atoms. The highest BCUT2D eigenvalue weighted by molar-refractivity contribution is 6.13. The number of hydrogen-bond acceptors (Lipinski definition) is 5. The fraction of sp³-hybridized carbons (Fsp3) is 0. The number of nitrogens with zero attached hydrogens (tertiary/aromatic N) is 3. The van der Waals surface area contributed by atoms with Gasteiger partial charge in [0.25, 0.3) is 0 Å². The van der Waals surface area contributed by atoms with E-state index in [1.54, 1.807) is 0 Å². The Morgan fingerprint density at radius 3 is 1.85 bits per heavy atom. The molecule has 0 fully saturated rings. The van der Waals surface area contributed by atoms with Crippen LogP contribution < -0.4 is 4.90 Å². The molecule has 12 aromatic rings. The fourth-order valence-corrected chi connectivity index (χ4v) is 8.28. The van der Waals surface area contributed by atoms with Crippen LogP contribution in [0.25, 0.3) is 93.9 Å². The zero-order chi connectivity index (χ0) is 36.0. The van der Waals surface area contributed by atoms with Crippen molar-refractivity contribution in [3.8, 4) is 17.1 Å². The Morgan fingerprint density at radius 1 is 0.382 bits per heavy atom. The molecular formula is C49H29N3O3. The van der Waals surface area contributed by atoms with Crippen LogP contribution in [0.15, 0.2) is 189 Å². The third kappa shape index (κ3) is 4.58. The van der Waals surface area contributed by atoms with Gasteiger partial charge in [-0.25, -0.2) is 4.98 Å². The number of anilines is 3. The van der Waals surface area contributed by atoms with Gasteiger partial charge in [-0.3, -0.25) is 0 Å². The van der Waals surface area contributed by atoms with E-state index in [9.17, 15) is 0 Å². The Morgan fingerprint density at radius 2 is 0.982 bits per heavy atom. The zero-order valence-electron chi connectivity index (χ0n) is 29.3. The Labute approximate surface area is 313 Å². The minimum Gasteiger partial charge on any atom is -0.456 e. The molecule has 6 heteroatoms. The summed E-state index contributed by atoms with van der Waals surface area (Å²) >= 11 is 0. The summed E-state index contributed by atoms with van der Waals surface area (Å²) in [6.07, 6.45) is 0. The molecule has 8 aromatic carbocycles. The molecule has 4 heterocycles. The van der Waals surface area contributed by atoms with Gasteiger partial charge in [-0.2, -0.15) is 0 Å². The molecule has 0 unspecified atom stereocenters. The highest BCUT2D eigenvalue weighted by Crippen LogP contribution is 2.43. The monoisotopic (exact) mass is 707 g/mol. The van der Waals surface area contributed by atoms with Crippen molar-refractivity contribution in [1.29, 1.82) is 0 Å². The van der Waals surface area contributed by atoms with Gasteiger partial charge in [0.2, 0.25) is 5.89 Å². The summed E-state index contributed by atoms with van der Waals surface area (Å²) in [5.41, 5.74) is 12.1. The molecule has 0 amide bonds. The van der Waals surface area contributed by atoms with Gasteiger partial charge in [-0.05, 0) is 91.0 Å². The van der Waals surface area contributed by atoms with Crippen LogP contribution in [0, 0.1) is 0 Å². The molecule has 0 N–H and O–H groups in total. The van der Waals surface area contributed by atoms with E-state index in [-0.39, 0.29) is 0 Å². The standard InChI is InChI=1S/C49H29N3O3/c1-3-11-30(12-4-1)49-50-41-29-47-40(28-48(41)55-49)37-22-19-34(27-46(37)54-47)51(33-21-24-45-39(26-33)36-16-8-10-18-44(36)53-45)32-20-23-43-38(25-32)35-15-7-9-17-42(35)52(43)31-13-5-2-6-14-31/h1-29H. The first kappa shape index (κ1) is 29.9. The van der Waals surface area contributed by atoms with Crippen molar-refractivity contribution in [2.75, 3.05) is 4.90 Å². The summed E-state index contributed by atoms with van der Waals surface area (Å²) in [4.78, 5) is 7.10. The van der Waals surface area contributed by atoms with Crippen LogP contribution in [0.3, 0.4) is 0 Å². The maximum atomic E-state index is 6.61. The van der Waals surface area contributed by atoms with Crippen molar-refractivity contribution in [1.82, 2.24) is 9.55 Å². The number of fused-ring (bicyclic) bond motifs is 10. The molecule has 0 saturated heterocycles. The van der Waals surface area contributed by atoms with E-state index in [0.29, 0.717) is 5.89 Å². The second-order valence-electron chi connectivity index (χ2n) is 14.0. The quantitative estimate of drug-likeness (QED) is 0.178. The van der Waals surface area contributed by atoms with E-state index in [4.69, 9.17) is 18.2 Å². The number of aromatic nitrogens is 2. The lowest BCUT2D eigenvalue weighted by atomic mass is 10.1. The summed E-state index contributed by atoms with van der Waals surface area (Å²) in [7, 11) is 0. The number of para-hydroxylation sites is 3. The molecule has 0 spiro atoms. The summed E-state index contributed by atoms with van der Waals surface area (Å²) < 4.78 is 21.4. The second kappa shape index (κ2) is 11.5. The van der Waals surface area contributed by atoms with Gasteiger partial charge in [0.05, 0.1) is 11.0 Å². The smallest absolute Gasteiger partial charge is 0.227 e. The van der Waals surface area contributed by atoms with E-state index in [2.05, 4.69) is 131 Å². The fourth-order valence-electron chi connectivity index (χ4n) is 8.28. The maximum absolute atomic E-state index is 6.61. The van der Waals surface area contributed by atoms with Crippen LogP contribution in [0.1, 0.15) is 0 Å². The lowest BCUT2D eigenvalue weighted by molar-refractivity contribution is 0.620. The van der Waals surface area contributed by atoms with Crippen LogP contribution in [-0.2, 0) is 0 Å². The topological polar surface area (TPSA) is 60.5 Å². The van der Waals surface area contributed by atoms with E-state index in [1.807, 2.05) is 54.6 Å². The van der Waals surface area contributed by atoms with Gasteiger partial charge < -0.3 is 22.7 Å². The van der Waals surface area contributed by atoms with Gasteiger partial charge in [0, 0.05) is 72.8 Å². The van der Waals surface area contributed by atoms with Gasteiger partial charge in [0.1, 0.15) is 27.8 Å². The maximum Gasteiger partial charge on any atom is 0.227 e. The van der Waals surface area contributed by atoms with Gasteiger partial charge >= 0.3 is 0 Å². The normalized spacial score (nSPS) is 12.0. The first-order valence-electron chi connectivity index (χ1n) is 18.4. The average Bonchev–Trinajstić information content (AvgIpc) is 4.00. The molecule has 0 aliphatic rings. The van der Waals surface area contributed by atoms with E-state index in [0.717, 1.165) is 88.8 Å². The summed E-state index contributed by atoms with van der Waals surface area (Å²) in [6.45, 7) is 0. The number of rotatable bonds is 5. The Bertz CT molecular complexity index is 3440. The molecule has 258 valence electrons. The van der Waals surface area contributed by atoms with Gasteiger partial charge in [-0.15, -0.1) is 0 Å². The summed E-state index contributed by atoms with van der Waals surface area (Å²) in [6, 6.07) is 61.0. The largest absolute Gasteiger partial charge is 0.456 e. The molecule has 0 aliphatic heterocycles. The lowest BCUT2D eigenvalue weighted by Gasteiger charge is -2.26. The minimum atomic E-state index is 0.594. The number of oxazole rings is 1. The molecule has 12 rings (SSSR count). The van der Waals surface area contributed by atoms with Crippen molar-refractivity contribution in [3.63, 3.8) is 0 Å². The van der Waals surface area contributed by atoms with Gasteiger partial charge in [0.15, 0.2) is 5.58 Å². The predicted molar refractivity (Wildman–Crippen MR) is 223 cm³/mol. The third-order valence-corrected chi connectivity index (χ3v) is 10.8. The SMILES string of the molecule is c1ccc(-c2nc3cc4oc5cc(N(c6ccc7oc8ccccc8c7c6)c6ccc7c(c6)c6ccccc6n7-c6ccccc6)ccc5c4cc3o2)cc1. The van der Waals surface area contributed by atoms with E-state index in [1.165, 1.54) is 16.3 Å². The molecular weight excluding hydrogens is 679 g/mol. The highest BCUT2D eigenvalue weighted by Gasteiger charge is 2.21. The Balaban J connectivity index is 1.06. The molecule has 0 atom stereocenters. The van der Waals surface area contributed by atoms with Crippen molar-refractivity contribution >= 4 is 93.8 Å². The number of furan rings is 2. The number of benzene rings is 8. The zero-order valence-corrected chi connectivity index (χ0v) is 29.3. The molecule has 4 aromatic heterocycles. The molecule has 55 heavy (non-hydrogen) atoms. The number of hydrogen-bond donors (Lipinski definition) is 0. The summed E-state index contributed by atoms with van der Waals surface area (Å²) in [5, 5.41) is 6.51. The average molecular weight is 708 g/mol. The molecule has 0 saturated carbocycles. The second-order valence-corrected chi connectivity index (χ2v) is 14.0. The van der Waals surface area contributed by atoms with Crippen molar-refractivity contribution in [3.05, 3.63) is 176 Å². The molecule has 0 radical (unpaired) electrons. The lowest BCUT2D eigenvalue weighted by Crippen LogP contribution is -2.09.